The third kappa shape index (κ3) is 3.21. The van der Waals surface area contributed by atoms with Gasteiger partial charge in [0.1, 0.15) is 0 Å². The first kappa shape index (κ1) is 14.6. The van der Waals surface area contributed by atoms with E-state index in [1.807, 2.05) is 0 Å². The van der Waals surface area contributed by atoms with E-state index in [1.54, 1.807) is 0 Å². The van der Waals surface area contributed by atoms with Crippen molar-refractivity contribution in [3.8, 4) is 0 Å². The minimum atomic E-state index is -4.23. The second-order valence-electron chi connectivity index (χ2n) is 3.76. The normalized spacial score (nSPS) is 10.9. The Labute approximate surface area is 119 Å². The summed E-state index contributed by atoms with van der Waals surface area (Å²) in [7, 11) is -4.23. The summed E-state index contributed by atoms with van der Waals surface area (Å²) >= 11 is 0. The number of aromatic nitrogens is 2. The fourth-order valence-electron chi connectivity index (χ4n) is 1.50. The van der Waals surface area contributed by atoms with E-state index < -0.39 is 25.5 Å². The molecule has 0 radical (unpaired) electrons. The van der Waals surface area contributed by atoms with Crippen LogP contribution in [-0.2, 0) is 10.0 Å². The zero-order valence-corrected chi connectivity index (χ0v) is 11.2. The Bertz CT molecular complexity index is 764. The standard InChI is InChI=1S/C10H10N6O4S/c11-14-7-2-3-8(16(17)18)9(6-7)21(19,20)15-10-12-4-1-5-13-10/h1-6,14H,11H2,(H,12,13,15). The van der Waals surface area contributed by atoms with E-state index in [0.717, 1.165) is 12.1 Å². The van der Waals surface area contributed by atoms with E-state index in [2.05, 4.69) is 20.1 Å². The summed E-state index contributed by atoms with van der Waals surface area (Å²) in [6.45, 7) is 0. The van der Waals surface area contributed by atoms with Crippen LogP contribution in [0.4, 0.5) is 17.3 Å². The van der Waals surface area contributed by atoms with Gasteiger partial charge < -0.3 is 5.43 Å². The molecular weight excluding hydrogens is 300 g/mol. The number of nitrogens with two attached hydrogens (primary N) is 1. The number of hydrogen-bond acceptors (Lipinski definition) is 8. The number of rotatable bonds is 5. The first-order valence-corrected chi connectivity index (χ1v) is 6.97. The molecule has 2 rings (SSSR count). The quantitative estimate of drug-likeness (QED) is 0.409. The Morgan fingerprint density at radius 1 is 1.24 bits per heavy atom. The van der Waals surface area contributed by atoms with Crippen LogP contribution in [0.3, 0.4) is 0 Å². The van der Waals surface area contributed by atoms with Crippen LogP contribution >= 0.6 is 0 Å². The fourth-order valence-corrected chi connectivity index (χ4v) is 2.65. The second kappa shape index (κ2) is 5.68. The molecule has 2 aromatic rings. The van der Waals surface area contributed by atoms with Gasteiger partial charge in [-0.25, -0.2) is 23.1 Å². The SMILES string of the molecule is NNc1ccc([N+](=O)[O-])c(S(=O)(=O)Nc2ncccn2)c1. The highest BCUT2D eigenvalue weighted by Crippen LogP contribution is 2.27. The third-order valence-corrected chi connectivity index (χ3v) is 3.76. The molecule has 0 aliphatic rings. The topological polar surface area (TPSA) is 153 Å². The lowest BCUT2D eigenvalue weighted by Crippen LogP contribution is -2.17. The van der Waals surface area contributed by atoms with E-state index in [0.29, 0.717) is 0 Å². The minimum absolute atomic E-state index is 0.196. The Balaban J connectivity index is 2.50. The molecule has 0 saturated carbocycles. The maximum atomic E-state index is 12.2. The highest BCUT2D eigenvalue weighted by molar-refractivity contribution is 7.92. The van der Waals surface area contributed by atoms with Gasteiger partial charge in [0.2, 0.25) is 5.95 Å². The molecule has 0 atom stereocenters. The average molecular weight is 310 g/mol. The van der Waals surface area contributed by atoms with Crippen molar-refractivity contribution in [1.29, 1.82) is 0 Å². The Hall–Kier alpha value is -2.79. The summed E-state index contributed by atoms with van der Waals surface area (Å²) in [4.78, 5) is 17.0. The summed E-state index contributed by atoms with van der Waals surface area (Å²) in [6, 6.07) is 4.87. The number of nitro groups is 1. The Morgan fingerprint density at radius 3 is 2.48 bits per heavy atom. The number of nitrogens with zero attached hydrogens (tertiary/aromatic N) is 3. The molecule has 0 bridgehead atoms. The van der Waals surface area contributed by atoms with E-state index in [4.69, 9.17) is 5.84 Å². The molecule has 4 N–H and O–H groups in total. The van der Waals surface area contributed by atoms with Crippen molar-refractivity contribution in [2.75, 3.05) is 10.1 Å². The lowest BCUT2D eigenvalue weighted by Gasteiger charge is -2.08. The van der Waals surface area contributed by atoms with Gasteiger partial charge in [-0.2, -0.15) is 0 Å². The lowest BCUT2D eigenvalue weighted by atomic mass is 10.3. The predicted octanol–water partition coefficient (Wildman–Crippen LogP) is 0.471. The van der Waals surface area contributed by atoms with Gasteiger partial charge in [-0.05, 0) is 18.2 Å². The molecule has 0 spiro atoms. The van der Waals surface area contributed by atoms with Crippen LogP contribution in [0.15, 0.2) is 41.6 Å². The van der Waals surface area contributed by atoms with Crippen LogP contribution in [-0.4, -0.2) is 23.3 Å². The zero-order chi connectivity index (χ0) is 15.5. The number of nitro benzene ring substituents is 1. The van der Waals surface area contributed by atoms with Gasteiger partial charge in [-0.15, -0.1) is 0 Å². The Morgan fingerprint density at radius 2 is 1.90 bits per heavy atom. The van der Waals surface area contributed by atoms with Crippen LogP contribution in [0.1, 0.15) is 0 Å². The highest BCUT2D eigenvalue weighted by atomic mass is 32.2. The molecule has 0 aliphatic carbocycles. The van der Waals surface area contributed by atoms with Gasteiger partial charge in [0.05, 0.1) is 10.6 Å². The van der Waals surface area contributed by atoms with Crippen molar-refractivity contribution in [3.63, 3.8) is 0 Å². The highest BCUT2D eigenvalue weighted by Gasteiger charge is 2.27. The van der Waals surface area contributed by atoms with Gasteiger partial charge in [-0.3, -0.25) is 16.0 Å². The first-order valence-electron chi connectivity index (χ1n) is 5.49. The smallest absolute Gasteiger partial charge is 0.290 e. The molecule has 0 unspecified atom stereocenters. The summed E-state index contributed by atoms with van der Waals surface area (Å²) < 4.78 is 26.5. The Kier molecular flexibility index (Phi) is 3.95. The van der Waals surface area contributed by atoms with E-state index in [-0.39, 0.29) is 11.6 Å². The monoisotopic (exact) mass is 310 g/mol. The third-order valence-electron chi connectivity index (χ3n) is 2.40. The number of hydrogen-bond donors (Lipinski definition) is 3. The van der Waals surface area contributed by atoms with E-state index in [9.17, 15) is 18.5 Å². The first-order chi connectivity index (χ1) is 9.94. The van der Waals surface area contributed by atoms with Gasteiger partial charge >= 0.3 is 0 Å². The van der Waals surface area contributed by atoms with Crippen molar-refractivity contribution in [2.24, 2.45) is 5.84 Å². The summed E-state index contributed by atoms with van der Waals surface area (Å²) in [5.41, 5.74) is 1.84. The van der Waals surface area contributed by atoms with E-state index >= 15 is 0 Å². The summed E-state index contributed by atoms with van der Waals surface area (Å²) in [5, 5.41) is 11.0. The van der Waals surface area contributed by atoms with E-state index in [1.165, 1.54) is 24.5 Å². The number of hydrazine groups is 1. The molecule has 10 nitrogen and oxygen atoms in total. The second-order valence-corrected chi connectivity index (χ2v) is 5.41. The van der Waals surface area contributed by atoms with Gasteiger partial charge in [0.15, 0.2) is 4.90 Å². The molecule has 21 heavy (non-hydrogen) atoms. The van der Waals surface area contributed by atoms with Crippen molar-refractivity contribution in [1.82, 2.24) is 9.97 Å². The largest absolute Gasteiger partial charge is 0.324 e. The van der Waals surface area contributed by atoms with Crippen LogP contribution in [0, 0.1) is 10.1 Å². The molecule has 0 aliphatic heterocycles. The molecule has 0 fully saturated rings. The zero-order valence-electron chi connectivity index (χ0n) is 10.4. The molecule has 11 heteroatoms. The van der Waals surface area contributed by atoms with Crippen molar-refractivity contribution in [3.05, 3.63) is 46.8 Å². The van der Waals surface area contributed by atoms with Crippen LogP contribution < -0.4 is 16.0 Å². The van der Waals surface area contributed by atoms with Crippen LogP contribution in [0.25, 0.3) is 0 Å². The molecular formula is C10H10N6O4S. The van der Waals surface area contributed by atoms with Crippen LogP contribution in [0.2, 0.25) is 0 Å². The van der Waals surface area contributed by atoms with Crippen molar-refractivity contribution in [2.45, 2.75) is 4.90 Å². The maximum absolute atomic E-state index is 12.2. The fraction of sp³-hybridized carbons (Fsp3) is 0. The van der Waals surface area contributed by atoms with Crippen molar-refractivity contribution >= 4 is 27.3 Å². The lowest BCUT2D eigenvalue weighted by molar-refractivity contribution is -0.387. The molecule has 1 aromatic heterocycles. The van der Waals surface area contributed by atoms with Gasteiger partial charge in [0, 0.05) is 18.5 Å². The number of benzene rings is 1. The maximum Gasteiger partial charge on any atom is 0.290 e. The molecule has 0 amide bonds. The molecule has 1 heterocycles. The predicted molar refractivity (Wildman–Crippen MR) is 73.7 cm³/mol. The molecule has 0 saturated heterocycles. The minimum Gasteiger partial charge on any atom is -0.324 e. The van der Waals surface area contributed by atoms with Gasteiger partial charge in [0.25, 0.3) is 15.7 Å². The molecule has 1 aromatic carbocycles. The van der Waals surface area contributed by atoms with Crippen LogP contribution in [0.5, 0.6) is 0 Å². The summed E-state index contributed by atoms with van der Waals surface area (Å²) in [6.07, 6.45) is 2.66. The number of nitrogen functional groups attached to an aromatic ring is 1. The number of nitrogens with one attached hydrogen (secondary N) is 2. The summed E-state index contributed by atoms with van der Waals surface area (Å²) in [5.74, 6) is 4.98. The number of sulfonamides is 1. The van der Waals surface area contributed by atoms with Crippen molar-refractivity contribution < 1.29 is 13.3 Å². The average Bonchev–Trinajstić information content (AvgIpc) is 2.47. The van der Waals surface area contributed by atoms with Gasteiger partial charge in [-0.1, -0.05) is 0 Å². The molecule has 110 valence electrons. The number of anilines is 2.